The molecule has 0 aromatic heterocycles. The molecule has 51 heavy (non-hydrogen) atoms. The molecule has 0 aromatic rings. The van der Waals surface area contributed by atoms with Gasteiger partial charge in [-0.1, -0.05) is 46.8 Å². The molecule has 0 aromatic carbocycles. The van der Waals surface area contributed by atoms with Gasteiger partial charge in [0.05, 0.1) is 11.8 Å². The number of carbonyl (C=O) groups excluding carboxylic acids is 2. The second-order valence-corrected chi connectivity index (χ2v) is 21.0. The van der Waals surface area contributed by atoms with E-state index in [0.717, 1.165) is 58.0 Å². The summed E-state index contributed by atoms with van der Waals surface area (Å²) in [5, 5.41) is 9.62. The summed E-state index contributed by atoms with van der Waals surface area (Å²) >= 11 is 0. The summed E-state index contributed by atoms with van der Waals surface area (Å²) in [6.07, 6.45) is 14.0. The first-order chi connectivity index (χ1) is 23.6. The summed E-state index contributed by atoms with van der Waals surface area (Å²) in [5.41, 5.74) is 0.663. The topological polar surface area (TPSA) is 87.2 Å². The molecule has 0 unspecified atom stereocenters. The lowest BCUT2D eigenvalue weighted by Crippen LogP contribution is -2.67. The zero-order valence-corrected chi connectivity index (χ0v) is 34.0. The van der Waals surface area contributed by atoms with Gasteiger partial charge in [0.25, 0.3) is 0 Å². The summed E-state index contributed by atoms with van der Waals surface area (Å²) in [4.78, 5) is 43.5. The van der Waals surface area contributed by atoms with Crippen LogP contribution in [0, 0.1) is 62.1 Å². The lowest BCUT2D eigenvalue weighted by atomic mass is 9.32. The van der Waals surface area contributed by atoms with Crippen molar-refractivity contribution >= 4 is 17.8 Å². The molecule has 10 atom stereocenters. The Morgan fingerprint density at radius 1 is 0.843 bits per heavy atom. The van der Waals surface area contributed by atoms with E-state index in [1.54, 1.807) is 13.8 Å². The van der Waals surface area contributed by atoms with Crippen LogP contribution in [-0.2, 0) is 19.1 Å². The highest BCUT2D eigenvalue weighted by molar-refractivity contribution is 5.81. The van der Waals surface area contributed by atoms with E-state index in [2.05, 4.69) is 72.0 Å². The standard InChI is InChI=1S/C44H72N2O5/c1-28(2)30-14-21-44(26-35(47)46-24-17-29(18-25-46)45(10)11)23-22-42(8)31(37(30)44)12-13-33-41(7)19-16-34(51-36(48)27-39(3,4)38(49)50)40(5,6)32(41)15-20-43(33,42)9/h29-34,37H,1,12-27H2,2-11H3,(H,49,50)/t30-,31+,32-,33+,34-,37+,41-,42+,43+,44+/m0/s1. The fourth-order valence-corrected chi connectivity index (χ4v) is 14.5. The zero-order valence-electron chi connectivity index (χ0n) is 34.0. The van der Waals surface area contributed by atoms with E-state index in [4.69, 9.17) is 4.74 Å². The van der Waals surface area contributed by atoms with Crippen LogP contribution in [0.5, 0.6) is 0 Å². The first-order valence-electron chi connectivity index (χ1n) is 20.7. The summed E-state index contributed by atoms with van der Waals surface area (Å²) < 4.78 is 6.19. The van der Waals surface area contributed by atoms with Crippen LogP contribution in [0.3, 0.4) is 0 Å². The molecule has 288 valence electrons. The van der Waals surface area contributed by atoms with E-state index in [1.165, 1.54) is 44.1 Å². The highest BCUT2D eigenvalue weighted by Crippen LogP contribution is 2.78. The number of amides is 1. The van der Waals surface area contributed by atoms with Gasteiger partial charge in [0, 0.05) is 31.0 Å². The summed E-state index contributed by atoms with van der Waals surface area (Å²) in [7, 11) is 4.33. The van der Waals surface area contributed by atoms with Gasteiger partial charge in [-0.3, -0.25) is 14.4 Å². The van der Waals surface area contributed by atoms with Crippen molar-refractivity contribution in [3.05, 3.63) is 12.2 Å². The average molecular weight is 709 g/mol. The van der Waals surface area contributed by atoms with Crippen molar-refractivity contribution in [1.82, 2.24) is 9.80 Å². The fraction of sp³-hybridized carbons (Fsp3) is 0.886. The summed E-state index contributed by atoms with van der Waals surface area (Å²) in [5.74, 6) is 1.73. The summed E-state index contributed by atoms with van der Waals surface area (Å²) in [6.45, 7) is 24.4. The molecule has 0 bridgehead atoms. The molecule has 6 rings (SSSR count). The number of carboxylic acid groups (broad SMARTS) is 1. The lowest BCUT2D eigenvalue weighted by Gasteiger charge is -2.73. The maximum atomic E-state index is 14.2. The van der Waals surface area contributed by atoms with Crippen LogP contribution in [0.2, 0.25) is 0 Å². The number of hydrogen-bond acceptors (Lipinski definition) is 5. The Morgan fingerprint density at radius 3 is 2.12 bits per heavy atom. The van der Waals surface area contributed by atoms with Crippen LogP contribution in [-0.4, -0.2) is 72.1 Å². The normalized spacial score (nSPS) is 42.3. The predicted octanol–water partition coefficient (Wildman–Crippen LogP) is 9.00. The highest BCUT2D eigenvalue weighted by atomic mass is 16.5. The van der Waals surface area contributed by atoms with Crippen molar-refractivity contribution in [2.75, 3.05) is 27.2 Å². The van der Waals surface area contributed by atoms with E-state index in [-0.39, 0.29) is 45.6 Å². The molecule has 0 radical (unpaired) electrons. The van der Waals surface area contributed by atoms with Gasteiger partial charge < -0.3 is 19.6 Å². The number of aliphatic carboxylic acids is 1. The monoisotopic (exact) mass is 709 g/mol. The van der Waals surface area contributed by atoms with Gasteiger partial charge in [0.15, 0.2) is 0 Å². The van der Waals surface area contributed by atoms with Crippen LogP contribution >= 0.6 is 0 Å². The molecule has 1 saturated heterocycles. The van der Waals surface area contributed by atoms with Crippen LogP contribution < -0.4 is 0 Å². The molecule has 6 fully saturated rings. The van der Waals surface area contributed by atoms with E-state index in [9.17, 15) is 19.5 Å². The molecular weight excluding hydrogens is 636 g/mol. The molecule has 0 spiro atoms. The average Bonchev–Trinajstić information content (AvgIpc) is 3.42. The maximum absolute atomic E-state index is 14.2. The Morgan fingerprint density at radius 2 is 1.51 bits per heavy atom. The molecule has 1 amide bonds. The van der Waals surface area contributed by atoms with Gasteiger partial charge >= 0.3 is 11.9 Å². The molecule has 7 heteroatoms. The third kappa shape index (κ3) is 6.14. The Balaban J connectivity index is 1.23. The number of carboxylic acids is 1. The minimum atomic E-state index is -1.14. The van der Waals surface area contributed by atoms with Crippen molar-refractivity contribution in [3.63, 3.8) is 0 Å². The van der Waals surface area contributed by atoms with Crippen LogP contribution in [0.15, 0.2) is 12.2 Å². The van der Waals surface area contributed by atoms with Gasteiger partial charge in [-0.15, -0.1) is 0 Å². The first kappa shape index (κ1) is 38.8. The molecule has 1 N–H and O–H groups in total. The number of nitrogens with zero attached hydrogens (tertiary/aromatic N) is 2. The van der Waals surface area contributed by atoms with E-state index >= 15 is 0 Å². The number of ether oxygens (including phenoxy) is 1. The Kier molecular flexibility index (Phi) is 10.0. The predicted molar refractivity (Wildman–Crippen MR) is 203 cm³/mol. The largest absolute Gasteiger partial charge is 0.481 e. The number of hydrogen-bond donors (Lipinski definition) is 1. The molecule has 5 aliphatic carbocycles. The van der Waals surface area contributed by atoms with Gasteiger partial charge in [0.1, 0.15) is 6.10 Å². The lowest BCUT2D eigenvalue weighted by molar-refractivity contribution is -0.250. The fourth-order valence-electron chi connectivity index (χ4n) is 14.5. The number of allylic oxidation sites excluding steroid dienone is 1. The van der Waals surface area contributed by atoms with Gasteiger partial charge in [-0.2, -0.15) is 0 Å². The highest BCUT2D eigenvalue weighted by Gasteiger charge is 2.71. The van der Waals surface area contributed by atoms with Crippen LogP contribution in [0.1, 0.15) is 145 Å². The van der Waals surface area contributed by atoms with Crippen molar-refractivity contribution in [2.24, 2.45) is 62.1 Å². The first-order valence-corrected chi connectivity index (χ1v) is 20.7. The summed E-state index contributed by atoms with van der Waals surface area (Å²) in [6, 6.07) is 0.578. The quantitative estimate of drug-likeness (QED) is 0.200. The number of carbonyl (C=O) groups is 3. The van der Waals surface area contributed by atoms with E-state index in [1.807, 2.05) is 0 Å². The minimum Gasteiger partial charge on any atom is -0.481 e. The number of rotatable bonds is 8. The van der Waals surface area contributed by atoms with E-state index < -0.39 is 11.4 Å². The molecule has 1 heterocycles. The van der Waals surface area contributed by atoms with Crippen LogP contribution in [0.4, 0.5) is 0 Å². The molecule has 7 nitrogen and oxygen atoms in total. The second kappa shape index (κ2) is 13.1. The Bertz CT molecular complexity index is 1400. The van der Waals surface area contributed by atoms with E-state index in [0.29, 0.717) is 41.5 Å². The molecular formula is C44H72N2O5. The SMILES string of the molecule is C=C(C)[C@@H]1CC[C@]2(CC(=O)N3CCC(N(C)C)CC3)CC[C@]3(C)[C@H](CC[C@@H]4[C@@]5(C)CC[C@H](OC(=O)CC(C)(C)C(=O)O)C(C)(C)[C@@H]5CC[C@]43C)[C@@H]12. The van der Waals surface area contributed by atoms with Gasteiger partial charge in [-0.25, -0.2) is 0 Å². The minimum absolute atomic E-state index is 0.0900. The van der Waals surface area contributed by atoms with Gasteiger partial charge in [0.2, 0.25) is 5.91 Å². The number of piperidine rings is 1. The van der Waals surface area contributed by atoms with Gasteiger partial charge in [-0.05, 0) is 163 Å². The Hall–Kier alpha value is -1.89. The second-order valence-electron chi connectivity index (χ2n) is 21.0. The number of likely N-dealkylation sites (tertiary alicyclic amines) is 1. The number of fused-ring (bicyclic) bond motifs is 7. The van der Waals surface area contributed by atoms with Crippen molar-refractivity contribution in [2.45, 2.75) is 157 Å². The van der Waals surface area contributed by atoms with Crippen LogP contribution in [0.25, 0.3) is 0 Å². The van der Waals surface area contributed by atoms with Crippen molar-refractivity contribution < 1.29 is 24.2 Å². The zero-order chi connectivity index (χ0) is 37.5. The third-order valence-electron chi connectivity index (χ3n) is 17.7. The third-order valence-corrected chi connectivity index (χ3v) is 17.7. The molecule has 6 aliphatic rings. The maximum Gasteiger partial charge on any atom is 0.309 e. The Labute approximate surface area is 310 Å². The molecule has 5 saturated carbocycles. The van der Waals surface area contributed by atoms with Crippen molar-refractivity contribution in [3.8, 4) is 0 Å². The van der Waals surface area contributed by atoms with Crippen molar-refractivity contribution in [1.29, 1.82) is 0 Å². The smallest absolute Gasteiger partial charge is 0.309 e. The number of esters is 1. The molecule has 1 aliphatic heterocycles.